The molecule has 3 saturated carbocycles. The summed E-state index contributed by atoms with van der Waals surface area (Å²) >= 11 is 0. The quantitative estimate of drug-likeness (QED) is 0.376. The predicted octanol–water partition coefficient (Wildman–Crippen LogP) is 0.0799. The largest absolute Gasteiger partial charge is 0.412 e. The number of fused-ring (bicyclic) bond motifs is 5. The summed E-state index contributed by atoms with van der Waals surface area (Å²) in [5, 5.41) is 42.5. The third-order valence-electron chi connectivity index (χ3n) is 9.97. The molecule has 4 aliphatic carbocycles. The van der Waals surface area contributed by atoms with Crippen molar-refractivity contribution in [2.75, 3.05) is 13.2 Å². The summed E-state index contributed by atoms with van der Waals surface area (Å²) in [5.41, 5.74) is -1.74. The van der Waals surface area contributed by atoms with Crippen molar-refractivity contribution in [2.24, 2.45) is 22.7 Å². The molecule has 0 aromatic heterocycles. The van der Waals surface area contributed by atoms with Gasteiger partial charge in [0.15, 0.2) is 0 Å². The summed E-state index contributed by atoms with van der Waals surface area (Å²) in [7, 11) is 0. The molecule has 29 heavy (non-hydrogen) atoms. The van der Waals surface area contributed by atoms with E-state index in [-0.39, 0.29) is 35.4 Å². The van der Waals surface area contributed by atoms with E-state index in [1.807, 2.05) is 0 Å². The highest BCUT2D eigenvalue weighted by molar-refractivity contribution is 5.42. The number of rotatable bonds is 2. The van der Waals surface area contributed by atoms with Crippen LogP contribution in [0.1, 0.15) is 52.4 Å². The molecule has 2 heterocycles. The summed E-state index contributed by atoms with van der Waals surface area (Å²) in [5.74, 6) is 0.699. The molecule has 0 radical (unpaired) electrons. The Morgan fingerprint density at radius 2 is 1.90 bits per heavy atom. The Kier molecular flexibility index (Phi) is 3.95. The molecule has 6 rings (SSSR count). The smallest absolute Gasteiger partial charge is 0.149 e. The first-order chi connectivity index (χ1) is 13.2. The van der Waals surface area contributed by atoms with Crippen molar-refractivity contribution in [3.05, 3.63) is 11.6 Å². The molecule has 164 valence electrons. The summed E-state index contributed by atoms with van der Waals surface area (Å²) in [4.78, 5) is 0. The van der Waals surface area contributed by atoms with Gasteiger partial charge in [0.1, 0.15) is 35.1 Å². The lowest BCUT2D eigenvalue weighted by atomic mass is 9.44. The Morgan fingerprint density at radius 3 is 2.59 bits per heavy atom. The van der Waals surface area contributed by atoms with Crippen LogP contribution in [-0.2, 0) is 9.47 Å². The minimum atomic E-state index is -1.18. The summed E-state index contributed by atoms with van der Waals surface area (Å²) in [6.45, 7) is 4.50. The van der Waals surface area contributed by atoms with Gasteiger partial charge in [-0.25, -0.2) is 0 Å². The molecule has 0 unspecified atom stereocenters. The topological polar surface area (TPSA) is 137 Å². The van der Waals surface area contributed by atoms with E-state index in [0.717, 1.165) is 25.7 Å². The average Bonchev–Trinajstić information content (AvgIpc) is 3.56. The van der Waals surface area contributed by atoms with Crippen LogP contribution in [0.4, 0.5) is 0 Å². The van der Waals surface area contributed by atoms with Crippen LogP contribution in [0.25, 0.3) is 0 Å². The van der Waals surface area contributed by atoms with Crippen molar-refractivity contribution in [3.8, 4) is 0 Å². The molecule has 7 heteroatoms. The molecule has 5 fully saturated rings. The van der Waals surface area contributed by atoms with Gasteiger partial charge in [0, 0.05) is 13.0 Å². The highest BCUT2D eigenvalue weighted by Gasteiger charge is 2.90. The van der Waals surface area contributed by atoms with Gasteiger partial charge < -0.3 is 35.4 Å². The van der Waals surface area contributed by atoms with Gasteiger partial charge >= 0.3 is 0 Å². The van der Waals surface area contributed by atoms with Crippen molar-refractivity contribution in [1.82, 2.24) is 0 Å². The van der Waals surface area contributed by atoms with Gasteiger partial charge in [-0.1, -0.05) is 31.9 Å². The zero-order valence-electron chi connectivity index (χ0n) is 17.2. The molecule has 6 aliphatic rings. The predicted molar refractivity (Wildman–Crippen MR) is 103 cm³/mol. The molecule has 0 aromatic rings. The number of aliphatic hydroxyl groups excluding tert-OH is 3. The van der Waals surface area contributed by atoms with Crippen LogP contribution >= 0.6 is 0 Å². The Labute approximate surface area is 171 Å². The number of epoxide rings is 2. The Hall–Kier alpha value is -0.540. The molecule has 2 aliphatic heterocycles. The molecule has 1 spiro atoms. The van der Waals surface area contributed by atoms with Crippen LogP contribution in [0.15, 0.2) is 11.6 Å². The van der Waals surface area contributed by atoms with E-state index in [9.17, 15) is 20.4 Å². The summed E-state index contributed by atoms with van der Waals surface area (Å²) in [6, 6.07) is 0. The van der Waals surface area contributed by atoms with E-state index >= 15 is 0 Å². The molecule has 6 N–H and O–H groups in total. The molecule has 7 nitrogen and oxygen atoms in total. The standard InChI is InChI=1S/C22H32O6.H2O/c1-18(10-23)6-3-7-19(2)13-9-22-16(27-22)15(25)20(11-24)17(28-20)21(22,26)8-12(13)4-5-14(18)19;/h4,13-17,23-26H,3,5-11H2,1-2H3;1H2/t13-,14-,15-,16+,17-,18-,19+,20-,21+,22+;/m0./s1. The van der Waals surface area contributed by atoms with E-state index in [2.05, 4.69) is 19.9 Å². The Morgan fingerprint density at radius 1 is 1.14 bits per heavy atom. The highest BCUT2D eigenvalue weighted by atomic mass is 16.7. The zero-order chi connectivity index (χ0) is 19.7. The lowest BCUT2D eigenvalue weighted by Gasteiger charge is -2.60. The number of aliphatic hydroxyl groups is 4. The van der Waals surface area contributed by atoms with Crippen molar-refractivity contribution in [1.29, 1.82) is 0 Å². The molecule has 0 bridgehead atoms. The van der Waals surface area contributed by atoms with Gasteiger partial charge in [0.05, 0.1) is 6.61 Å². The number of hydrogen-bond acceptors (Lipinski definition) is 6. The molecule has 2 saturated heterocycles. The number of ether oxygens (including phenoxy) is 2. The second kappa shape index (κ2) is 5.63. The van der Waals surface area contributed by atoms with Crippen molar-refractivity contribution >= 4 is 0 Å². The van der Waals surface area contributed by atoms with Crippen molar-refractivity contribution in [2.45, 2.75) is 87.5 Å². The van der Waals surface area contributed by atoms with Gasteiger partial charge in [-0.3, -0.25) is 0 Å². The molecular formula is C22H34O7. The lowest BCUT2D eigenvalue weighted by Crippen LogP contribution is -2.66. The number of hydrogen-bond donors (Lipinski definition) is 4. The van der Waals surface area contributed by atoms with Crippen LogP contribution < -0.4 is 0 Å². The SMILES string of the molecule is C[C@@]1(CO)CCC[C@]2(C)[C@H]3C[C@@]45O[C@@H]4[C@H](O)[C@]4(CO)O[C@@H]4[C@]5(O)CC3=CC[C@@H]12.O. The van der Waals surface area contributed by atoms with Crippen LogP contribution in [0.3, 0.4) is 0 Å². The maximum Gasteiger partial charge on any atom is 0.149 e. The van der Waals surface area contributed by atoms with Crippen molar-refractivity contribution < 1.29 is 35.4 Å². The van der Waals surface area contributed by atoms with Crippen LogP contribution in [0, 0.1) is 22.7 Å². The normalized spacial score (nSPS) is 61.6. The van der Waals surface area contributed by atoms with Gasteiger partial charge in [-0.2, -0.15) is 0 Å². The highest BCUT2D eigenvalue weighted by Crippen LogP contribution is 2.73. The first-order valence-electron chi connectivity index (χ1n) is 10.9. The number of allylic oxidation sites excluding steroid dienone is 1. The summed E-state index contributed by atoms with van der Waals surface area (Å²) < 4.78 is 11.9. The van der Waals surface area contributed by atoms with Gasteiger partial charge in [-0.15, -0.1) is 0 Å². The fourth-order valence-electron chi connectivity index (χ4n) is 8.23. The van der Waals surface area contributed by atoms with Crippen LogP contribution in [-0.4, -0.2) is 74.2 Å². The monoisotopic (exact) mass is 410 g/mol. The van der Waals surface area contributed by atoms with E-state index in [1.54, 1.807) is 0 Å². The third-order valence-corrected chi connectivity index (χ3v) is 9.97. The zero-order valence-corrected chi connectivity index (χ0v) is 17.2. The molecule has 0 amide bonds. The van der Waals surface area contributed by atoms with E-state index < -0.39 is 35.1 Å². The second-order valence-corrected chi connectivity index (χ2v) is 11.1. The van der Waals surface area contributed by atoms with Crippen molar-refractivity contribution in [3.63, 3.8) is 0 Å². The van der Waals surface area contributed by atoms with Gasteiger partial charge in [0.25, 0.3) is 0 Å². The Balaban J connectivity index is 0.00000181. The first kappa shape index (κ1) is 20.4. The fraction of sp³-hybridized carbons (Fsp3) is 0.909. The van der Waals surface area contributed by atoms with Gasteiger partial charge in [-0.05, 0) is 48.3 Å². The van der Waals surface area contributed by atoms with Gasteiger partial charge in [0.2, 0.25) is 0 Å². The second-order valence-electron chi connectivity index (χ2n) is 11.1. The van der Waals surface area contributed by atoms with E-state index in [0.29, 0.717) is 18.8 Å². The molecule has 0 aromatic carbocycles. The Bertz CT molecular complexity index is 770. The molecular weight excluding hydrogens is 376 g/mol. The van der Waals surface area contributed by atoms with E-state index in [4.69, 9.17) is 9.47 Å². The minimum Gasteiger partial charge on any atom is -0.412 e. The van der Waals surface area contributed by atoms with E-state index in [1.165, 1.54) is 5.57 Å². The van der Waals surface area contributed by atoms with Crippen LogP contribution in [0.5, 0.6) is 0 Å². The maximum absolute atomic E-state index is 11.7. The lowest BCUT2D eigenvalue weighted by molar-refractivity contribution is -0.127. The first-order valence-corrected chi connectivity index (χ1v) is 10.9. The molecule has 10 atom stereocenters. The minimum absolute atomic E-state index is 0. The average molecular weight is 411 g/mol. The maximum atomic E-state index is 11.7. The fourth-order valence-corrected chi connectivity index (χ4v) is 8.23. The summed E-state index contributed by atoms with van der Waals surface area (Å²) in [6.07, 6.45) is 5.77. The third kappa shape index (κ3) is 2.04. The van der Waals surface area contributed by atoms with Crippen LogP contribution in [0.2, 0.25) is 0 Å².